The summed E-state index contributed by atoms with van der Waals surface area (Å²) in [5, 5.41) is 0. The molecule has 23 heavy (non-hydrogen) atoms. The van der Waals surface area contributed by atoms with Gasteiger partial charge >= 0.3 is 7.12 Å². The molecule has 126 valence electrons. The quantitative estimate of drug-likeness (QED) is 0.797. The first-order valence-electron chi connectivity index (χ1n) is 9.00. The zero-order valence-corrected chi connectivity index (χ0v) is 15.3. The smallest absolute Gasteiger partial charge is 0.399 e. The number of nitrogens with zero attached hydrogens (tertiary/aromatic N) is 1. The third kappa shape index (κ3) is 3.35. The summed E-state index contributed by atoms with van der Waals surface area (Å²) in [5.74, 6) is 0. The number of piperidine rings is 1. The van der Waals surface area contributed by atoms with Crippen LogP contribution in [-0.4, -0.2) is 36.3 Å². The molecule has 0 N–H and O–H groups in total. The molecule has 0 unspecified atom stereocenters. The summed E-state index contributed by atoms with van der Waals surface area (Å²) < 4.78 is 12.3. The van der Waals surface area contributed by atoms with E-state index in [0.717, 1.165) is 5.46 Å². The summed E-state index contributed by atoms with van der Waals surface area (Å²) in [6.07, 6.45) is 4.04. The van der Waals surface area contributed by atoms with E-state index in [0.29, 0.717) is 6.04 Å². The molecule has 2 saturated heterocycles. The van der Waals surface area contributed by atoms with Gasteiger partial charge in [-0.2, -0.15) is 0 Å². The van der Waals surface area contributed by atoms with Crippen molar-refractivity contribution in [2.24, 2.45) is 0 Å². The molecule has 0 spiro atoms. The van der Waals surface area contributed by atoms with Crippen molar-refractivity contribution < 1.29 is 9.31 Å². The fraction of sp³-hybridized carbons (Fsp3) is 0.684. The van der Waals surface area contributed by atoms with Crippen molar-refractivity contribution in [3.63, 3.8) is 0 Å². The van der Waals surface area contributed by atoms with Gasteiger partial charge in [-0.15, -0.1) is 0 Å². The molecule has 1 atom stereocenters. The molecule has 1 aromatic rings. The van der Waals surface area contributed by atoms with Crippen molar-refractivity contribution in [3.05, 3.63) is 29.8 Å². The van der Waals surface area contributed by atoms with E-state index >= 15 is 0 Å². The Morgan fingerprint density at radius 2 is 1.43 bits per heavy atom. The monoisotopic (exact) mass is 315 g/mol. The first-order chi connectivity index (χ1) is 10.8. The average Bonchev–Trinajstić information content (AvgIpc) is 2.76. The van der Waals surface area contributed by atoms with Crippen LogP contribution < -0.4 is 5.46 Å². The molecule has 2 aliphatic rings. The lowest BCUT2D eigenvalue weighted by Gasteiger charge is -2.32. The summed E-state index contributed by atoms with van der Waals surface area (Å²) in [6, 6.07) is 9.29. The standard InChI is InChI=1S/C19H30BNO2/c1-15(21-13-7-6-8-14-21)16-9-11-17(12-10-16)20-22-18(2,3)19(4,5)23-20/h9-12,15H,6-8,13-14H2,1-5H3/t15-/m0/s1. The van der Waals surface area contributed by atoms with Gasteiger partial charge in [0, 0.05) is 6.04 Å². The fourth-order valence-electron chi connectivity index (χ4n) is 3.43. The topological polar surface area (TPSA) is 21.7 Å². The minimum absolute atomic E-state index is 0.264. The van der Waals surface area contributed by atoms with Crippen LogP contribution in [-0.2, 0) is 9.31 Å². The Morgan fingerprint density at radius 3 is 1.96 bits per heavy atom. The van der Waals surface area contributed by atoms with E-state index < -0.39 is 0 Å². The third-order valence-electron chi connectivity index (χ3n) is 5.88. The maximum Gasteiger partial charge on any atom is 0.494 e. The first kappa shape index (κ1) is 17.0. The van der Waals surface area contributed by atoms with Gasteiger partial charge in [0.1, 0.15) is 0 Å². The summed E-state index contributed by atoms with van der Waals surface area (Å²) in [4.78, 5) is 2.59. The zero-order chi connectivity index (χ0) is 16.7. The summed E-state index contributed by atoms with van der Waals surface area (Å²) >= 11 is 0. The molecule has 0 aliphatic carbocycles. The molecular weight excluding hydrogens is 285 g/mol. The Morgan fingerprint density at radius 1 is 0.913 bits per heavy atom. The van der Waals surface area contributed by atoms with Crippen LogP contribution in [0.3, 0.4) is 0 Å². The lowest BCUT2D eigenvalue weighted by atomic mass is 9.78. The minimum atomic E-state index is -0.280. The van der Waals surface area contributed by atoms with E-state index in [-0.39, 0.29) is 18.3 Å². The summed E-state index contributed by atoms with van der Waals surface area (Å²) in [6.45, 7) is 13.1. The lowest BCUT2D eigenvalue weighted by molar-refractivity contribution is 0.00578. The van der Waals surface area contributed by atoms with Crippen LogP contribution in [0.25, 0.3) is 0 Å². The normalized spacial score (nSPS) is 25.5. The molecule has 2 aliphatic heterocycles. The highest BCUT2D eigenvalue weighted by atomic mass is 16.7. The minimum Gasteiger partial charge on any atom is -0.399 e. The fourth-order valence-corrected chi connectivity index (χ4v) is 3.43. The molecule has 0 bridgehead atoms. The molecule has 0 radical (unpaired) electrons. The van der Waals surface area contributed by atoms with Crippen LogP contribution >= 0.6 is 0 Å². The molecule has 4 heteroatoms. The van der Waals surface area contributed by atoms with Crippen LogP contribution in [0.2, 0.25) is 0 Å². The second-order valence-electron chi connectivity index (χ2n) is 8.03. The number of likely N-dealkylation sites (tertiary alicyclic amines) is 1. The molecule has 2 fully saturated rings. The zero-order valence-electron chi connectivity index (χ0n) is 15.3. The maximum atomic E-state index is 6.13. The van der Waals surface area contributed by atoms with Crippen molar-refractivity contribution in [2.75, 3.05) is 13.1 Å². The summed E-state index contributed by atoms with van der Waals surface area (Å²) in [7, 11) is -0.264. The Hall–Kier alpha value is -0.835. The number of hydrogen-bond acceptors (Lipinski definition) is 3. The van der Waals surface area contributed by atoms with Crippen molar-refractivity contribution in [2.45, 2.75) is 71.1 Å². The van der Waals surface area contributed by atoms with E-state index in [4.69, 9.17) is 9.31 Å². The van der Waals surface area contributed by atoms with Gasteiger partial charge in [-0.25, -0.2) is 0 Å². The number of hydrogen-bond donors (Lipinski definition) is 0. The van der Waals surface area contributed by atoms with Gasteiger partial charge in [0.25, 0.3) is 0 Å². The van der Waals surface area contributed by atoms with Crippen LogP contribution in [0, 0.1) is 0 Å². The van der Waals surface area contributed by atoms with Crippen molar-refractivity contribution in [1.29, 1.82) is 0 Å². The van der Waals surface area contributed by atoms with Crippen LogP contribution in [0.1, 0.15) is 65.5 Å². The maximum absolute atomic E-state index is 6.13. The first-order valence-corrected chi connectivity index (χ1v) is 9.00. The predicted octanol–water partition coefficient (Wildman–Crippen LogP) is 3.53. The highest BCUT2D eigenvalue weighted by molar-refractivity contribution is 6.62. The summed E-state index contributed by atoms with van der Waals surface area (Å²) in [5.41, 5.74) is 1.93. The van der Waals surface area contributed by atoms with Gasteiger partial charge < -0.3 is 9.31 Å². The molecule has 1 aromatic carbocycles. The molecule has 0 saturated carbocycles. The van der Waals surface area contributed by atoms with Crippen LogP contribution in [0.15, 0.2) is 24.3 Å². The van der Waals surface area contributed by atoms with Gasteiger partial charge in [-0.3, -0.25) is 4.90 Å². The van der Waals surface area contributed by atoms with Crippen molar-refractivity contribution in [1.82, 2.24) is 4.90 Å². The lowest BCUT2D eigenvalue weighted by Crippen LogP contribution is -2.41. The van der Waals surface area contributed by atoms with E-state index in [1.165, 1.54) is 37.9 Å². The molecule has 0 amide bonds. The van der Waals surface area contributed by atoms with Crippen LogP contribution in [0.4, 0.5) is 0 Å². The van der Waals surface area contributed by atoms with Crippen molar-refractivity contribution in [3.8, 4) is 0 Å². The van der Waals surface area contributed by atoms with Gasteiger partial charge in [-0.1, -0.05) is 30.7 Å². The van der Waals surface area contributed by atoms with Gasteiger partial charge in [0.05, 0.1) is 11.2 Å². The second-order valence-corrected chi connectivity index (χ2v) is 8.03. The van der Waals surface area contributed by atoms with E-state index in [1.54, 1.807) is 0 Å². The highest BCUT2D eigenvalue weighted by Crippen LogP contribution is 2.36. The largest absolute Gasteiger partial charge is 0.494 e. The van der Waals surface area contributed by atoms with E-state index in [2.05, 4.69) is 63.8 Å². The molecular formula is C19H30BNO2. The molecule has 2 heterocycles. The Kier molecular flexibility index (Phi) is 4.61. The van der Waals surface area contributed by atoms with Gasteiger partial charge in [0.2, 0.25) is 0 Å². The molecule has 3 rings (SSSR count). The highest BCUT2D eigenvalue weighted by Gasteiger charge is 2.51. The van der Waals surface area contributed by atoms with Gasteiger partial charge in [0.15, 0.2) is 0 Å². The Labute approximate surface area is 141 Å². The Balaban J connectivity index is 1.70. The number of benzene rings is 1. The number of rotatable bonds is 3. The predicted molar refractivity (Wildman–Crippen MR) is 96.0 cm³/mol. The molecule has 0 aromatic heterocycles. The van der Waals surface area contributed by atoms with Crippen LogP contribution in [0.5, 0.6) is 0 Å². The average molecular weight is 315 g/mol. The van der Waals surface area contributed by atoms with E-state index in [9.17, 15) is 0 Å². The van der Waals surface area contributed by atoms with Gasteiger partial charge in [-0.05, 0) is 71.6 Å². The molecule has 3 nitrogen and oxygen atoms in total. The second kappa shape index (κ2) is 6.23. The van der Waals surface area contributed by atoms with E-state index in [1.807, 2.05) is 0 Å². The SMILES string of the molecule is C[C@@H](c1ccc(B2OC(C)(C)C(C)(C)O2)cc1)N1CCCCC1. The third-order valence-corrected chi connectivity index (χ3v) is 5.88. The van der Waals surface area contributed by atoms with Crippen molar-refractivity contribution >= 4 is 12.6 Å². The Bertz CT molecular complexity index is 519.